The first-order valence-corrected chi connectivity index (χ1v) is 6.65. The molecule has 0 aliphatic carbocycles. The molecule has 0 unspecified atom stereocenters. The molecule has 2 rings (SSSR count). The lowest BCUT2D eigenvalue weighted by Gasteiger charge is -2.04. The second kappa shape index (κ2) is 4.71. The third-order valence-corrected chi connectivity index (χ3v) is 2.98. The molecule has 0 amide bonds. The summed E-state index contributed by atoms with van der Waals surface area (Å²) in [5.41, 5.74) is 1.30. The Morgan fingerprint density at radius 3 is 2.56 bits per heavy atom. The highest BCUT2D eigenvalue weighted by Crippen LogP contribution is 2.07. The molecule has 0 spiro atoms. The van der Waals surface area contributed by atoms with Gasteiger partial charge in [0.25, 0.3) is 0 Å². The standard InChI is InChI=1S/C11H12N4O2S/c1-9-7-13-11(15(8-9)18(12,16)17)14-10-5-3-2-4-6-10/h2-8H,1H3,(H2,12,16,17). The van der Waals surface area contributed by atoms with Crippen molar-refractivity contribution in [2.75, 3.05) is 0 Å². The van der Waals surface area contributed by atoms with E-state index in [4.69, 9.17) is 5.14 Å². The van der Waals surface area contributed by atoms with E-state index in [2.05, 4.69) is 9.98 Å². The summed E-state index contributed by atoms with van der Waals surface area (Å²) in [7, 11) is -3.92. The van der Waals surface area contributed by atoms with Crippen LogP contribution in [0.3, 0.4) is 0 Å². The molecular weight excluding hydrogens is 252 g/mol. The van der Waals surface area contributed by atoms with Gasteiger partial charge in [0.15, 0.2) is 0 Å². The number of aryl methyl sites for hydroxylation is 1. The van der Waals surface area contributed by atoms with E-state index in [0.717, 1.165) is 3.97 Å². The molecule has 2 N–H and O–H groups in total. The minimum absolute atomic E-state index is 0.0225. The normalized spacial score (nSPS) is 12.7. The van der Waals surface area contributed by atoms with Gasteiger partial charge in [-0.3, -0.25) is 0 Å². The molecule has 94 valence electrons. The van der Waals surface area contributed by atoms with Crippen molar-refractivity contribution in [2.24, 2.45) is 10.1 Å². The van der Waals surface area contributed by atoms with Gasteiger partial charge < -0.3 is 0 Å². The van der Waals surface area contributed by atoms with Crippen molar-refractivity contribution >= 4 is 15.9 Å². The number of aromatic nitrogens is 2. The van der Waals surface area contributed by atoms with E-state index >= 15 is 0 Å². The van der Waals surface area contributed by atoms with Crippen molar-refractivity contribution in [3.63, 3.8) is 0 Å². The average Bonchev–Trinajstić information content (AvgIpc) is 2.31. The number of hydrogen-bond donors (Lipinski definition) is 1. The number of hydrogen-bond acceptors (Lipinski definition) is 4. The van der Waals surface area contributed by atoms with Gasteiger partial charge in [0.05, 0.1) is 5.69 Å². The molecule has 0 saturated carbocycles. The number of nitrogens with two attached hydrogens (primary N) is 1. The van der Waals surface area contributed by atoms with E-state index < -0.39 is 10.2 Å². The lowest BCUT2D eigenvalue weighted by atomic mass is 10.3. The topological polar surface area (TPSA) is 90.3 Å². The maximum absolute atomic E-state index is 11.4. The van der Waals surface area contributed by atoms with Gasteiger partial charge in [-0.1, -0.05) is 18.2 Å². The van der Waals surface area contributed by atoms with E-state index in [0.29, 0.717) is 11.3 Å². The minimum atomic E-state index is -3.92. The second-order valence-corrected chi connectivity index (χ2v) is 5.14. The van der Waals surface area contributed by atoms with Crippen LogP contribution in [-0.2, 0) is 10.2 Å². The Hall–Kier alpha value is -1.99. The first-order chi connectivity index (χ1) is 8.47. The molecule has 0 aliphatic rings. The summed E-state index contributed by atoms with van der Waals surface area (Å²) in [6.07, 6.45) is 2.91. The summed E-state index contributed by atoms with van der Waals surface area (Å²) in [5, 5.41) is 5.12. The van der Waals surface area contributed by atoms with Crippen LogP contribution in [0, 0.1) is 6.92 Å². The highest BCUT2D eigenvalue weighted by molar-refractivity contribution is 7.87. The van der Waals surface area contributed by atoms with E-state index in [1.54, 1.807) is 31.2 Å². The molecule has 0 atom stereocenters. The molecule has 1 aromatic carbocycles. The van der Waals surface area contributed by atoms with Crippen molar-refractivity contribution in [3.05, 3.63) is 53.9 Å². The van der Waals surface area contributed by atoms with Gasteiger partial charge in [-0.25, -0.2) is 15.1 Å². The van der Waals surface area contributed by atoms with Crippen LogP contribution in [0.4, 0.5) is 5.69 Å². The highest BCUT2D eigenvalue weighted by Gasteiger charge is 2.07. The van der Waals surface area contributed by atoms with Crippen LogP contribution in [0.1, 0.15) is 5.56 Å². The monoisotopic (exact) mass is 264 g/mol. The Labute approximate surface area is 105 Å². The van der Waals surface area contributed by atoms with Crippen LogP contribution >= 0.6 is 0 Å². The molecule has 0 bridgehead atoms. The molecule has 0 saturated heterocycles. The molecule has 1 heterocycles. The molecule has 0 fully saturated rings. The average molecular weight is 264 g/mol. The van der Waals surface area contributed by atoms with Gasteiger partial charge in [0.1, 0.15) is 0 Å². The van der Waals surface area contributed by atoms with Gasteiger partial charge >= 0.3 is 10.2 Å². The summed E-state index contributed by atoms with van der Waals surface area (Å²) in [6.45, 7) is 1.72. The predicted molar refractivity (Wildman–Crippen MR) is 67.1 cm³/mol. The van der Waals surface area contributed by atoms with Gasteiger partial charge in [0, 0.05) is 12.4 Å². The zero-order chi connectivity index (χ0) is 13.2. The number of nitrogens with zero attached hydrogens (tertiary/aromatic N) is 3. The maximum Gasteiger partial charge on any atom is 0.305 e. The largest absolute Gasteiger partial charge is 0.305 e. The fraction of sp³-hybridized carbons (Fsp3) is 0.0909. The van der Waals surface area contributed by atoms with Crippen LogP contribution in [-0.4, -0.2) is 17.4 Å². The summed E-state index contributed by atoms with van der Waals surface area (Å²) in [5.74, 6) is 0. The molecule has 7 heteroatoms. The minimum Gasteiger partial charge on any atom is -0.220 e. The van der Waals surface area contributed by atoms with E-state index in [1.165, 1.54) is 12.4 Å². The van der Waals surface area contributed by atoms with Crippen molar-refractivity contribution in [2.45, 2.75) is 6.92 Å². The first kappa shape index (κ1) is 12.5. The zero-order valence-electron chi connectivity index (χ0n) is 9.69. The van der Waals surface area contributed by atoms with Crippen molar-refractivity contribution in [1.29, 1.82) is 0 Å². The molecular formula is C11H12N4O2S. The van der Waals surface area contributed by atoms with Crippen LogP contribution in [0.25, 0.3) is 0 Å². The molecule has 1 aromatic heterocycles. The number of para-hydroxylation sites is 1. The predicted octanol–water partition coefficient (Wildman–Crippen LogP) is 0.476. The fourth-order valence-corrected chi connectivity index (χ4v) is 2.00. The lowest BCUT2D eigenvalue weighted by molar-refractivity contribution is 0.584. The SMILES string of the molecule is Cc1cnc(=Nc2ccccc2)n(S(N)(=O)=O)c1. The molecule has 0 aliphatic heterocycles. The van der Waals surface area contributed by atoms with Crippen molar-refractivity contribution < 1.29 is 8.42 Å². The van der Waals surface area contributed by atoms with E-state index in [9.17, 15) is 8.42 Å². The maximum atomic E-state index is 11.4. The Bertz CT molecular complexity index is 720. The molecule has 6 nitrogen and oxygen atoms in total. The van der Waals surface area contributed by atoms with Crippen molar-refractivity contribution in [1.82, 2.24) is 8.96 Å². The van der Waals surface area contributed by atoms with Crippen molar-refractivity contribution in [3.8, 4) is 0 Å². The van der Waals surface area contributed by atoms with Crippen LogP contribution in [0.5, 0.6) is 0 Å². The highest BCUT2D eigenvalue weighted by atomic mass is 32.2. The summed E-state index contributed by atoms with van der Waals surface area (Å²) in [6, 6.07) is 8.93. The summed E-state index contributed by atoms with van der Waals surface area (Å²) < 4.78 is 23.7. The smallest absolute Gasteiger partial charge is 0.220 e. The third kappa shape index (κ3) is 2.82. The Balaban J connectivity index is 2.69. The van der Waals surface area contributed by atoms with E-state index in [-0.39, 0.29) is 5.62 Å². The molecule has 0 radical (unpaired) electrons. The van der Waals surface area contributed by atoms with Crippen LogP contribution in [0.2, 0.25) is 0 Å². The van der Waals surface area contributed by atoms with E-state index in [1.807, 2.05) is 6.07 Å². The lowest BCUT2D eigenvalue weighted by Crippen LogP contribution is -2.34. The molecule has 2 aromatic rings. The Morgan fingerprint density at radius 1 is 1.28 bits per heavy atom. The zero-order valence-corrected chi connectivity index (χ0v) is 10.5. The Kier molecular flexibility index (Phi) is 3.26. The Morgan fingerprint density at radius 2 is 1.94 bits per heavy atom. The van der Waals surface area contributed by atoms with Gasteiger partial charge in [-0.15, -0.1) is 0 Å². The van der Waals surface area contributed by atoms with Gasteiger partial charge in [-0.2, -0.15) is 12.4 Å². The first-order valence-electron chi connectivity index (χ1n) is 5.15. The third-order valence-electron chi connectivity index (χ3n) is 2.16. The molecule has 18 heavy (non-hydrogen) atoms. The van der Waals surface area contributed by atoms with Crippen LogP contribution < -0.4 is 10.8 Å². The fourth-order valence-electron chi connectivity index (χ4n) is 1.38. The summed E-state index contributed by atoms with van der Waals surface area (Å²) in [4.78, 5) is 8.12. The van der Waals surface area contributed by atoms with Crippen LogP contribution in [0.15, 0.2) is 47.7 Å². The summed E-state index contributed by atoms with van der Waals surface area (Å²) >= 11 is 0. The van der Waals surface area contributed by atoms with Gasteiger partial charge in [0.2, 0.25) is 5.62 Å². The number of rotatable bonds is 2. The van der Waals surface area contributed by atoms with Gasteiger partial charge in [-0.05, 0) is 24.6 Å². The second-order valence-electron chi connectivity index (χ2n) is 3.72. The quantitative estimate of drug-likeness (QED) is 0.855. The number of benzene rings is 1.